The molecule has 2 nitrogen and oxygen atoms in total. The minimum Gasteiger partial charge on any atom is -1.00 e. The van der Waals surface area contributed by atoms with E-state index in [2.05, 4.69) is 6.92 Å². The van der Waals surface area contributed by atoms with Gasteiger partial charge in [-0.05, 0) is 12.8 Å². The first-order valence-electron chi connectivity index (χ1n) is 8.97. The van der Waals surface area contributed by atoms with Crippen molar-refractivity contribution in [2.24, 2.45) is 0 Å². The molecule has 0 atom stereocenters. The van der Waals surface area contributed by atoms with Crippen molar-refractivity contribution in [3.8, 4) is 0 Å². The summed E-state index contributed by atoms with van der Waals surface area (Å²) in [5.41, 5.74) is 0. The molecule has 0 aliphatic carbocycles. The number of carbonyl (C=O) groups excluding carboxylic acids is 1. The van der Waals surface area contributed by atoms with Crippen LogP contribution in [-0.4, -0.2) is 5.97 Å². The molecule has 0 amide bonds. The number of carboxylic acid groups (broad SMARTS) is 1. The second-order valence-electron chi connectivity index (χ2n) is 6.07. The number of hydrogen-bond acceptors (Lipinski definition) is 2. The quantitative estimate of drug-likeness (QED) is 0.264. The number of hydrogen-bond donors (Lipinski definition) is 0. The molecule has 0 heterocycles. The number of unbranched alkanes of at least 4 members (excludes halogenated alkanes) is 14. The molecule has 0 aliphatic rings. The Kier molecular flexibility index (Phi) is 34.8. The van der Waals surface area contributed by atoms with Crippen molar-refractivity contribution in [1.82, 2.24) is 0 Å². The molecule has 0 aliphatic heterocycles. The summed E-state index contributed by atoms with van der Waals surface area (Å²) in [5.74, 6) is -0.903. The van der Waals surface area contributed by atoms with Gasteiger partial charge in [-0.2, -0.15) is 0 Å². The van der Waals surface area contributed by atoms with Gasteiger partial charge in [0.1, 0.15) is 0 Å². The van der Waals surface area contributed by atoms with Gasteiger partial charge in [-0.1, -0.05) is 96.8 Å². The molecule has 0 fully saturated rings. The summed E-state index contributed by atoms with van der Waals surface area (Å²) in [6.07, 6.45) is 19.9. The predicted octanol–water partition coefficient (Wildman–Crippen LogP) is -0.882. The minimum atomic E-state index is -0.903. The largest absolute Gasteiger partial charge is 1.00 e. The van der Waals surface area contributed by atoms with Gasteiger partial charge in [0.15, 0.2) is 0 Å². The van der Waals surface area contributed by atoms with Crippen LogP contribution in [0.4, 0.5) is 0 Å². The second kappa shape index (κ2) is 26.0. The molecule has 0 bridgehead atoms. The summed E-state index contributed by atoms with van der Waals surface area (Å²) in [6.45, 7) is 2.27. The summed E-state index contributed by atoms with van der Waals surface area (Å²) in [7, 11) is 0. The summed E-state index contributed by atoms with van der Waals surface area (Å²) in [5, 5.41) is 10.2. The van der Waals surface area contributed by atoms with Gasteiger partial charge >= 0.3 is 103 Å². The third-order valence-electron chi connectivity index (χ3n) is 3.98. The van der Waals surface area contributed by atoms with Gasteiger partial charge < -0.3 is 11.3 Å². The van der Waals surface area contributed by atoms with Crippen molar-refractivity contribution in [3.05, 3.63) is 0 Å². The van der Waals surface area contributed by atoms with Gasteiger partial charge in [0.05, 0.1) is 0 Å². The maximum atomic E-state index is 10.2. The van der Waals surface area contributed by atoms with Crippen LogP contribution in [0.5, 0.6) is 0 Å². The van der Waals surface area contributed by atoms with Crippen LogP contribution in [0.1, 0.15) is 111 Å². The molecule has 4 heteroatoms. The number of rotatable bonds is 16. The number of aliphatic carboxylic acids is 1. The van der Waals surface area contributed by atoms with Crippen LogP contribution in [0.15, 0.2) is 0 Å². The third-order valence-corrected chi connectivity index (χ3v) is 3.98. The Morgan fingerprint density at radius 1 is 0.636 bits per heavy atom. The SMILES string of the molecule is CCCCCCCCCCCCCCCCCC(=O)[O-].[H-].[K+].[K+]. The van der Waals surface area contributed by atoms with Crippen molar-refractivity contribution >= 4 is 5.97 Å². The van der Waals surface area contributed by atoms with Crippen LogP contribution >= 0.6 is 0 Å². The molecule has 0 N–H and O–H groups in total. The standard InChI is InChI=1S/C18H36O2.2K.H/c1-2-3-4-5-6-7-8-9-10-11-12-13-14-15-16-17-18(19)20;;;/h2-17H2,1H3,(H,19,20);;;/q;2*+1;-1/p-1. The Labute approximate surface area is 225 Å². The van der Waals surface area contributed by atoms with Crippen molar-refractivity contribution in [2.75, 3.05) is 0 Å². The summed E-state index contributed by atoms with van der Waals surface area (Å²) < 4.78 is 0. The zero-order chi connectivity index (χ0) is 14.9. The van der Waals surface area contributed by atoms with Crippen LogP contribution in [0.2, 0.25) is 0 Å². The van der Waals surface area contributed by atoms with E-state index in [1.807, 2.05) is 0 Å². The summed E-state index contributed by atoms with van der Waals surface area (Å²) in [4.78, 5) is 10.2. The summed E-state index contributed by atoms with van der Waals surface area (Å²) in [6, 6.07) is 0. The molecule has 22 heavy (non-hydrogen) atoms. The minimum absolute atomic E-state index is 0. The Morgan fingerprint density at radius 2 is 0.909 bits per heavy atom. The van der Waals surface area contributed by atoms with Crippen LogP contribution in [0.3, 0.4) is 0 Å². The molecule has 0 rings (SSSR count). The van der Waals surface area contributed by atoms with E-state index in [1.54, 1.807) is 0 Å². The Hall–Kier alpha value is 2.74. The van der Waals surface area contributed by atoms with E-state index in [-0.39, 0.29) is 111 Å². The van der Waals surface area contributed by atoms with Crippen molar-refractivity contribution in [1.29, 1.82) is 0 Å². The van der Waals surface area contributed by atoms with E-state index < -0.39 is 5.97 Å². The van der Waals surface area contributed by atoms with Gasteiger partial charge in [-0.25, -0.2) is 0 Å². The Morgan fingerprint density at radius 3 is 1.18 bits per heavy atom. The number of carbonyl (C=O) groups is 1. The second-order valence-corrected chi connectivity index (χ2v) is 6.07. The van der Waals surface area contributed by atoms with Crippen molar-refractivity contribution in [3.63, 3.8) is 0 Å². The normalized spacial score (nSPS) is 9.86. The van der Waals surface area contributed by atoms with E-state index in [0.717, 1.165) is 12.8 Å². The fourth-order valence-corrected chi connectivity index (χ4v) is 2.64. The summed E-state index contributed by atoms with van der Waals surface area (Å²) >= 11 is 0. The van der Waals surface area contributed by atoms with Crippen LogP contribution in [0, 0.1) is 0 Å². The first-order valence-corrected chi connectivity index (χ1v) is 8.97. The zero-order valence-electron chi connectivity index (χ0n) is 16.6. The molecule has 122 valence electrons. The van der Waals surface area contributed by atoms with Crippen molar-refractivity contribution < 1.29 is 114 Å². The average molecular weight is 363 g/mol. The fraction of sp³-hybridized carbons (Fsp3) is 0.944. The topological polar surface area (TPSA) is 40.1 Å². The van der Waals surface area contributed by atoms with Crippen LogP contribution in [-0.2, 0) is 4.79 Å². The molecule has 0 spiro atoms. The maximum Gasteiger partial charge on any atom is 1.00 e. The van der Waals surface area contributed by atoms with Crippen molar-refractivity contribution in [2.45, 2.75) is 110 Å². The van der Waals surface area contributed by atoms with Gasteiger partial charge in [0.2, 0.25) is 0 Å². The van der Waals surface area contributed by atoms with Crippen LogP contribution in [0.25, 0.3) is 0 Å². The van der Waals surface area contributed by atoms with Gasteiger partial charge in [-0.15, -0.1) is 0 Å². The average Bonchev–Trinajstić information content (AvgIpc) is 2.43. The first kappa shape index (κ1) is 29.5. The molecular weight excluding hydrogens is 326 g/mol. The zero-order valence-corrected chi connectivity index (χ0v) is 21.9. The molecular formula is C18H36K2O2. The monoisotopic (exact) mass is 362 g/mol. The van der Waals surface area contributed by atoms with E-state index in [4.69, 9.17) is 0 Å². The smallest absolute Gasteiger partial charge is 1.00 e. The molecule has 0 aromatic carbocycles. The van der Waals surface area contributed by atoms with E-state index in [1.165, 1.54) is 83.5 Å². The Balaban J connectivity index is -0.000000602. The maximum absolute atomic E-state index is 10.2. The van der Waals surface area contributed by atoms with E-state index >= 15 is 0 Å². The van der Waals surface area contributed by atoms with Gasteiger partial charge in [0, 0.05) is 5.97 Å². The number of carboxylic acids is 1. The molecule has 0 saturated carbocycles. The molecule has 0 saturated heterocycles. The van der Waals surface area contributed by atoms with Gasteiger partial charge in [-0.3, -0.25) is 0 Å². The van der Waals surface area contributed by atoms with Crippen LogP contribution < -0.4 is 108 Å². The third kappa shape index (κ3) is 27.6. The molecule has 0 aromatic rings. The predicted molar refractivity (Wildman–Crippen MR) is 85.7 cm³/mol. The van der Waals surface area contributed by atoms with E-state index in [9.17, 15) is 9.90 Å². The first-order chi connectivity index (χ1) is 9.77. The fourth-order valence-electron chi connectivity index (χ4n) is 2.64. The Bertz CT molecular complexity index is 217. The van der Waals surface area contributed by atoms with E-state index in [0.29, 0.717) is 0 Å². The molecule has 0 unspecified atom stereocenters. The molecule has 0 radical (unpaired) electrons. The molecule has 0 aromatic heterocycles. The van der Waals surface area contributed by atoms with Gasteiger partial charge in [0.25, 0.3) is 0 Å².